The van der Waals surface area contributed by atoms with Gasteiger partial charge in [-0.25, -0.2) is 88.1 Å². The maximum Gasteiger partial charge on any atom is 0.355 e. The molecule has 0 aliphatic rings. The van der Waals surface area contributed by atoms with Gasteiger partial charge in [-0.15, -0.1) is 0 Å². The number of fused-ring (bicyclic) bond motifs is 6. The Labute approximate surface area is 823 Å². The van der Waals surface area contributed by atoms with Gasteiger partial charge >= 0.3 is 33.8 Å². The van der Waals surface area contributed by atoms with Crippen molar-refractivity contribution in [3.8, 4) is 6.07 Å². The third-order valence-electron chi connectivity index (χ3n) is 19.7. The Morgan fingerprint density at radius 3 is 0.860 bits per heavy atom. The van der Waals surface area contributed by atoms with Crippen LogP contribution in [0.4, 0.5) is 8.78 Å². The summed E-state index contributed by atoms with van der Waals surface area (Å²) in [5.41, 5.74) is -1.74. The highest BCUT2D eigenvalue weighted by Crippen LogP contribution is 2.34. The first-order valence-corrected chi connectivity index (χ1v) is 52.5. The Hall–Kier alpha value is -12.1. The number of nitrogens with zero attached hydrogens (tertiary/aromatic N) is 1. The molecule has 40 heteroatoms. The largest absolute Gasteiger partial charge is 0.422 e. The Morgan fingerprint density at radius 2 is 0.544 bits per heavy atom. The summed E-state index contributed by atoms with van der Waals surface area (Å²) >= 11 is 28.1. The predicted molar refractivity (Wildman–Crippen MR) is 523 cm³/mol. The maximum atomic E-state index is 13.3. The van der Waals surface area contributed by atoms with Crippen molar-refractivity contribution < 1.29 is 85.8 Å². The monoisotopic (exact) mass is 2300 g/mol. The number of nitriles is 1. The van der Waals surface area contributed by atoms with Crippen LogP contribution < -0.4 is 33.8 Å². The van der Waals surface area contributed by atoms with E-state index >= 15 is 0 Å². The smallest absolute Gasteiger partial charge is 0.355 e. The lowest BCUT2D eigenvalue weighted by atomic mass is 9.87. The molecule has 0 atom stereocenters. The van der Waals surface area contributed by atoms with Gasteiger partial charge in [-0.05, 0) is 248 Å². The fourth-order valence-electron chi connectivity index (χ4n) is 12.8. The summed E-state index contributed by atoms with van der Waals surface area (Å²) in [4.78, 5) is 68.9. The molecular weight excluding hydrogens is 2250 g/mol. The van der Waals surface area contributed by atoms with Gasteiger partial charge < -0.3 is 26.5 Å². The first kappa shape index (κ1) is 101. The Kier molecular flexibility index (Phi) is 30.6. The number of aryl methyl sites for hydroxylation is 1. The summed E-state index contributed by atoms with van der Waals surface area (Å²) < 4.78 is 212. The van der Waals surface area contributed by atoms with Gasteiger partial charge in [0.25, 0.3) is 0 Å². The van der Waals surface area contributed by atoms with E-state index in [1.54, 1.807) is 146 Å². The van der Waals surface area contributed by atoms with Gasteiger partial charge in [-0.3, -0.25) is 0 Å². The lowest BCUT2D eigenvalue weighted by molar-refractivity contribution is 0.530. The molecule has 6 aromatic heterocycles. The molecule has 136 heavy (non-hydrogen) atoms. The molecule has 25 nitrogen and oxygen atoms in total. The van der Waals surface area contributed by atoms with Gasteiger partial charge in [0.05, 0.1) is 41.0 Å². The van der Waals surface area contributed by atoms with E-state index in [0.717, 1.165) is 35.1 Å². The molecule has 18 rings (SSSR count). The minimum absolute atomic E-state index is 0.0404. The third-order valence-corrected chi connectivity index (χ3v) is 33.1. The zero-order chi connectivity index (χ0) is 98.6. The molecule has 0 N–H and O–H groups in total. The van der Waals surface area contributed by atoms with Gasteiger partial charge in [-0.2, -0.15) is 5.26 Å². The van der Waals surface area contributed by atoms with Gasteiger partial charge in [-0.1, -0.05) is 184 Å². The molecule has 18 aromatic rings. The van der Waals surface area contributed by atoms with Crippen molar-refractivity contribution in [3.05, 3.63) is 414 Å². The van der Waals surface area contributed by atoms with Crippen molar-refractivity contribution in [2.45, 2.75) is 91.9 Å². The van der Waals surface area contributed by atoms with E-state index in [2.05, 4.69) is 79.6 Å². The molecule has 0 saturated carbocycles. The minimum Gasteiger partial charge on any atom is -0.422 e. The molecule has 0 spiro atoms. The summed E-state index contributed by atoms with van der Waals surface area (Å²) in [5.74, 6) is -2.12. The SMILES string of the molecule is CC(C)(C)c1ccc(S(=O)(=O)c2cc3cc(Br)ccc3oc2=O)cc1.Cc1ccc(S(=O)(=O)c2cc3cc(Br)ccc3oc2=O)cc1.N#Cc1cccc(S(=O)(=O)c2cc3cc(Br)ccc3oc2=O)c1.O=c1oc2ccc(Br)cc2cc1S(=O)(=O)c1cc(F)cc(F)c1.O=c1oc2ccc(Br)cc2cc1S(=O)(=O)c1cccc(Cl)c1.O=c1oc2ccc(Cl)cc2cc1S(=O)(=O)c1ccccc1. The summed E-state index contributed by atoms with van der Waals surface area (Å²) in [6.45, 7) is 8.00. The number of halogens is 9. The molecule has 692 valence electrons. The van der Waals surface area contributed by atoms with Crippen LogP contribution in [-0.2, 0) is 64.4 Å². The summed E-state index contributed by atoms with van der Waals surface area (Å²) in [7, 11) is -24.3. The van der Waals surface area contributed by atoms with E-state index in [1.165, 1.54) is 121 Å². The zero-order valence-corrected chi connectivity index (χ0v) is 84.1. The quantitative estimate of drug-likeness (QED) is 0.103. The Morgan fingerprint density at radius 1 is 0.279 bits per heavy atom. The van der Waals surface area contributed by atoms with Crippen LogP contribution in [0.2, 0.25) is 10.0 Å². The van der Waals surface area contributed by atoms with Crippen LogP contribution >= 0.6 is 103 Å². The fraction of sp³-hybridized carbons (Fsp3) is 0.0521. The molecule has 0 saturated heterocycles. The molecule has 12 aromatic carbocycles. The maximum absolute atomic E-state index is 13.3. The van der Waals surface area contributed by atoms with Crippen LogP contribution in [-0.4, -0.2) is 50.5 Å². The van der Waals surface area contributed by atoms with E-state index in [1.807, 2.05) is 33.8 Å². The first-order chi connectivity index (χ1) is 64.0. The lowest BCUT2D eigenvalue weighted by Gasteiger charge is -2.19. The number of benzene rings is 12. The number of sulfone groups is 6. The third kappa shape index (κ3) is 23.1. The van der Waals surface area contributed by atoms with Crippen molar-refractivity contribution in [3.63, 3.8) is 0 Å². The van der Waals surface area contributed by atoms with Crippen LogP contribution in [0.3, 0.4) is 0 Å². The second-order valence-corrected chi connectivity index (χ2v) is 47.1. The van der Waals surface area contributed by atoms with Crippen molar-refractivity contribution >= 4 is 228 Å². The standard InChI is InChI=1S/C19H17BrO4S.C16H8BrNO4S.C16H11BrO4S.C15H8BrClO4S.C15H7BrF2O4S.C15H9ClO4S/c1-19(2,3)13-4-7-15(8-5-13)25(22,23)17-11-12-10-14(20)6-9-16(12)24-18(17)21;17-12-4-5-14-11(7-12)8-15(16(19)22-14)23(20,21)13-3-1-2-10(6-13)9-18;1-10-2-5-13(6-3-10)22(19,20)15-9-11-8-12(17)4-7-14(11)21-16(15)18;16-10-4-5-13-9(6-10)7-14(15(18)21-13)22(19,20)12-3-1-2-11(17)8-12;16-9-1-2-13-8(3-9)4-14(15(19)22-13)23(20,21)12-6-10(17)5-11(18)7-12;16-11-6-7-13-10(8-11)9-14(15(17)20-13)21(18,19)12-4-2-1-3-5-12/h4-11H,1-3H3;1-8H;2-9H,1H3;1-8H;1-7H;1-9H. The average Bonchev–Trinajstić information content (AvgIpc) is 0.787. The Balaban J connectivity index is 0.000000138. The topological polar surface area (TPSA) is 410 Å². The van der Waals surface area contributed by atoms with Gasteiger partial charge in [0.2, 0.25) is 59.0 Å². The molecule has 0 radical (unpaired) electrons. The normalized spacial score (nSPS) is 11.8. The van der Waals surface area contributed by atoms with Gasteiger partial charge in [0.15, 0.2) is 29.4 Å². The fourth-order valence-corrected chi connectivity index (χ4v) is 23.1. The Bertz CT molecular complexity index is 9060. The van der Waals surface area contributed by atoms with Gasteiger partial charge in [0.1, 0.15) is 45.1 Å². The number of hydrogen-bond donors (Lipinski definition) is 0. The van der Waals surface area contributed by atoms with E-state index in [4.69, 9.17) is 55.0 Å². The zero-order valence-electron chi connectivity index (χ0n) is 69.8. The van der Waals surface area contributed by atoms with Crippen LogP contribution in [0.15, 0.2) is 428 Å². The minimum atomic E-state index is -4.42. The molecule has 0 fully saturated rings. The molecule has 0 aliphatic heterocycles. The first-order valence-electron chi connectivity index (χ1n) is 38.9. The highest BCUT2D eigenvalue weighted by atomic mass is 79.9. The van der Waals surface area contributed by atoms with E-state index in [-0.39, 0.29) is 61.4 Å². The second kappa shape index (κ2) is 41.1. The number of hydrogen-bond acceptors (Lipinski definition) is 25. The van der Waals surface area contributed by atoms with Crippen LogP contribution in [0.25, 0.3) is 65.8 Å². The van der Waals surface area contributed by atoms with Crippen molar-refractivity contribution in [1.29, 1.82) is 5.26 Å². The molecule has 0 amide bonds. The second-order valence-electron chi connectivity index (χ2n) is 30.1. The summed E-state index contributed by atoms with van der Waals surface area (Å²) in [5, 5.41) is 12.5. The summed E-state index contributed by atoms with van der Waals surface area (Å²) in [6.07, 6.45) is 0. The van der Waals surface area contributed by atoms with Crippen molar-refractivity contribution in [2.75, 3.05) is 0 Å². The molecule has 0 aliphatic carbocycles. The highest BCUT2D eigenvalue weighted by molar-refractivity contribution is 9.11. The van der Waals surface area contributed by atoms with Crippen LogP contribution in [0, 0.1) is 29.9 Å². The van der Waals surface area contributed by atoms with Crippen molar-refractivity contribution in [1.82, 2.24) is 0 Å². The predicted octanol–water partition coefficient (Wildman–Crippen LogP) is 22.6. The molecule has 0 unspecified atom stereocenters. The van der Waals surface area contributed by atoms with Crippen LogP contribution in [0.5, 0.6) is 0 Å². The van der Waals surface area contributed by atoms with Crippen molar-refractivity contribution in [2.24, 2.45) is 0 Å². The average molecular weight is 2310 g/mol. The van der Waals surface area contributed by atoms with Gasteiger partial charge in [0, 0.05) is 70.8 Å². The van der Waals surface area contributed by atoms with E-state index < -0.39 is 129 Å². The molecule has 6 heterocycles. The number of rotatable bonds is 12. The highest BCUT2D eigenvalue weighted by Gasteiger charge is 2.31. The summed E-state index contributed by atoms with van der Waals surface area (Å²) in [6, 6.07) is 72.6. The lowest BCUT2D eigenvalue weighted by Crippen LogP contribution is -2.15. The van der Waals surface area contributed by atoms with Crippen LogP contribution in [0.1, 0.15) is 37.5 Å². The molecular formula is C96H60Br5Cl2F2NO24S6. The van der Waals surface area contributed by atoms with E-state index in [9.17, 15) is 88.1 Å². The van der Waals surface area contributed by atoms with E-state index in [0.29, 0.717) is 82.3 Å². The molecule has 0 bridgehead atoms.